The van der Waals surface area contributed by atoms with Crippen LogP contribution in [-0.2, 0) is 13.5 Å². The molecule has 0 aliphatic heterocycles. The van der Waals surface area contributed by atoms with E-state index in [1.165, 1.54) is 18.3 Å². The van der Waals surface area contributed by atoms with E-state index in [1.807, 2.05) is 0 Å². The highest BCUT2D eigenvalue weighted by molar-refractivity contribution is 5.21. The van der Waals surface area contributed by atoms with Crippen molar-refractivity contribution in [2.24, 2.45) is 7.05 Å². The molecule has 0 fully saturated rings. The van der Waals surface area contributed by atoms with Crippen LogP contribution in [0.4, 0.5) is 8.78 Å². The number of hydrogen-bond acceptors (Lipinski definition) is 2. The topological polar surface area (TPSA) is 38.0 Å². The molecule has 0 saturated heterocycles. The molecule has 1 atom stereocenters. The van der Waals surface area contributed by atoms with Gasteiger partial charge < -0.3 is 5.11 Å². The fourth-order valence-electron chi connectivity index (χ4n) is 1.68. The van der Waals surface area contributed by atoms with Gasteiger partial charge in [-0.3, -0.25) is 4.68 Å². The van der Waals surface area contributed by atoms with E-state index in [1.54, 1.807) is 17.9 Å². The maximum atomic E-state index is 12.9. The predicted octanol–water partition coefficient (Wildman–Crippen LogP) is 1.97. The third-order valence-electron chi connectivity index (χ3n) is 2.46. The van der Waals surface area contributed by atoms with Gasteiger partial charge in [-0.05, 0) is 17.7 Å². The summed E-state index contributed by atoms with van der Waals surface area (Å²) in [4.78, 5) is 0. The normalized spacial score (nSPS) is 12.7. The van der Waals surface area contributed by atoms with E-state index in [0.717, 1.165) is 6.07 Å². The van der Waals surface area contributed by atoms with Crippen molar-refractivity contribution in [3.05, 3.63) is 53.4 Å². The second-order valence-electron chi connectivity index (χ2n) is 3.94. The summed E-state index contributed by atoms with van der Waals surface area (Å²) in [7, 11) is 1.73. The number of aryl methyl sites for hydroxylation is 1. The van der Waals surface area contributed by atoms with Gasteiger partial charge >= 0.3 is 0 Å². The third-order valence-corrected chi connectivity index (χ3v) is 2.46. The summed E-state index contributed by atoms with van der Waals surface area (Å²) in [6, 6.07) is 3.23. The molecule has 0 bridgehead atoms. The molecule has 1 aromatic heterocycles. The Morgan fingerprint density at radius 1 is 1.29 bits per heavy atom. The highest BCUT2D eigenvalue weighted by atomic mass is 19.1. The maximum Gasteiger partial charge on any atom is 0.126 e. The van der Waals surface area contributed by atoms with Crippen LogP contribution in [0.2, 0.25) is 0 Å². The summed E-state index contributed by atoms with van der Waals surface area (Å²) in [5, 5.41) is 13.8. The van der Waals surface area contributed by atoms with E-state index in [0.29, 0.717) is 11.1 Å². The van der Waals surface area contributed by atoms with Crippen LogP contribution in [0, 0.1) is 11.6 Å². The molecule has 5 heteroatoms. The summed E-state index contributed by atoms with van der Waals surface area (Å²) in [6.45, 7) is 0. The SMILES string of the molecule is Cn1cc(C(O)Cc2cc(F)cc(F)c2)cn1. The number of aliphatic hydroxyl groups excluding tert-OH is 1. The molecule has 0 spiro atoms. The lowest BCUT2D eigenvalue weighted by Crippen LogP contribution is -2.01. The highest BCUT2D eigenvalue weighted by Gasteiger charge is 2.11. The first-order valence-corrected chi connectivity index (χ1v) is 5.16. The highest BCUT2D eigenvalue weighted by Crippen LogP contribution is 2.18. The summed E-state index contributed by atoms with van der Waals surface area (Å²) < 4.78 is 27.5. The van der Waals surface area contributed by atoms with Crippen molar-refractivity contribution in [2.75, 3.05) is 0 Å². The molecular formula is C12H12F2N2O. The predicted molar refractivity (Wildman–Crippen MR) is 58.2 cm³/mol. The number of aromatic nitrogens is 2. The van der Waals surface area contributed by atoms with Crippen LogP contribution in [0.15, 0.2) is 30.6 Å². The van der Waals surface area contributed by atoms with Gasteiger partial charge in [0, 0.05) is 31.3 Å². The Morgan fingerprint density at radius 3 is 2.47 bits per heavy atom. The van der Waals surface area contributed by atoms with Crippen LogP contribution in [0.25, 0.3) is 0 Å². The molecule has 2 rings (SSSR count). The zero-order valence-electron chi connectivity index (χ0n) is 9.27. The second-order valence-corrected chi connectivity index (χ2v) is 3.94. The van der Waals surface area contributed by atoms with Crippen molar-refractivity contribution >= 4 is 0 Å². The minimum absolute atomic E-state index is 0.153. The monoisotopic (exact) mass is 238 g/mol. The van der Waals surface area contributed by atoms with Gasteiger partial charge in [-0.2, -0.15) is 5.10 Å². The average molecular weight is 238 g/mol. The molecule has 1 heterocycles. The Hall–Kier alpha value is -1.75. The first kappa shape index (κ1) is 11.7. The smallest absolute Gasteiger partial charge is 0.126 e. The van der Waals surface area contributed by atoms with Crippen LogP contribution >= 0.6 is 0 Å². The Labute approximate surface area is 97.3 Å². The third kappa shape index (κ3) is 2.88. The number of halogens is 2. The van der Waals surface area contributed by atoms with E-state index in [9.17, 15) is 13.9 Å². The molecule has 2 aromatic rings. The summed E-state index contributed by atoms with van der Waals surface area (Å²) in [6.07, 6.45) is 2.53. The Kier molecular flexibility index (Phi) is 3.19. The van der Waals surface area contributed by atoms with Gasteiger partial charge in [0.05, 0.1) is 12.3 Å². The molecule has 1 unspecified atom stereocenters. The van der Waals surface area contributed by atoms with Crippen molar-refractivity contribution in [1.82, 2.24) is 9.78 Å². The standard InChI is InChI=1S/C12H12F2N2O/c1-16-7-9(6-15-16)12(17)4-8-2-10(13)5-11(14)3-8/h2-3,5-7,12,17H,4H2,1H3. The molecule has 1 aromatic carbocycles. The minimum atomic E-state index is -0.815. The van der Waals surface area contributed by atoms with Crippen molar-refractivity contribution in [1.29, 1.82) is 0 Å². The van der Waals surface area contributed by atoms with E-state index < -0.39 is 17.7 Å². The molecule has 0 aliphatic carbocycles. The lowest BCUT2D eigenvalue weighted by Gasteiger charge is -2.08. The molecule has 17 heavy (non-hydrogen) atoms. The maximum absolute atomic E-state index is 12.9. The molecule has 0 aliphatic rings. The van der Waals surface area contributed by atoms with Gasteiger partial charge in [0.1, 0.15) is 11.6 Å². The van der Waals surface area contributed by atoms with Gasteiger partial charge in [0.25, 0.3) is 0 Å². The van der Waals surface area contributed by atoms with Crippen molar-refractivity contribution in [3.8, 4) is 0 Å². The van der Waals surface area contributed by atoms with E-state index in [-0.39, 0.29) is 6.42 Å². The minimum Gasteiger partial charge on any atom is -0.388 e. The van der Waals surface area contributed by atoms with Crippen molar-refractivity contribution in [2.45, 2.75) is 12.5 Å². The fraction of sp³-hybridized carbons (Fsp3) is 0.250. The Bertz CT molecular complexity index is 505. The first-order valence-electron chi connectivity index (χ1n) is 5.16. The number of hydrogen-bond donors (Lipinski definition) is 1. The summed E-state index contributed by atoms with van der Waals surface area (Å²) in [5.41, 5.74) is 1.04. The first-order chi connectivity index (χ1) is 8.04. The Morgan fingerprint density at radius 2 is 1.94 bits per heavy atom. The molecule has 0 saturated carbocycles. The van der Waals surface area contributed by atoms with Gasteiger partial charge in [0.2, 0.25) is 0 Å². The van der Waals surface area contributed by atoms with Crippen molar-refractivity contribution in [3.63, 3.8) is 0 Å². The Balaban J connectivity index is 2.15. The van der Waals surface area contributed by atoms with E-state index >= 15 is 0 Å². The van der Waals surface area contributed by atoms with E-state index in [4.69, 9.17) is 0 Å². The molecule has 90 valence electrons. The number of benzene rings is 1. The van der Waals surface area contributed by atoms with Gasteiger partial charge in [-0.15, -0.1) is 0 Å². The number of nitrogens with zero attached hydrogens (tertiary/aromatic N) is 2. The zero-order chi connectivity index (χ0) is 12.4. The molecule has 3 nitrogen and oxygen atoms in total. The van der Waals surface area contributed by atoms with Gasteiger partial charge in [-0.25, -0.2) is 8.78 Å². The molecule has 0 radical (unpaired) electrons. The molecule has 0 amide bonds. The second kappa shape index (κ2) is 4.63. The number of aliphatic hydroxyl groups is 1. The lowest BCUT2D eigenvalue weighted by atomic mass is 10.0. The quantitative estimate of drug-likeness (QED) is 0.887. The zero-order valence-corrected chi connectivity index (χ0v) is 9.27. The van der Waals surface area contributed by atoms with Gasteiger partial charge in [0.15, 0.2) is 0 Å². The number of rotatable bonds is 3. The fourth-order valence-corrected chi connectivity index (χ4v) is 1.68. The van der Waals surface area contributed by atoms with Crippen LogP contribution in [0.1, 0.15) is 17.2 Å². The summed E-state index contributed by atoms with van der Waals surface area (Å²) in [5.74, 6) is -1.28. The van der Waals surface area contributed by atoms with Gasteiger partial charge in [-0.1, -0.05) is 0 Å². The van der Waals surface area contributed by atoms with Crippen LogP contribution in [0.5, 0.6) is 0 Å². The largest absolute Gasteiger partial charge is 0.388 e. The molecule has 1 N–H and O–H groups in total. The molecular weight excluding hydrogens is 226 g/mol. The lowest BCUT2D eigenvalue weighted by molar-refractivity contribution is 0.178. The average Bonchev–Trinajstić information content (AvgIpc) is 2.63. The van der Waals surface area contributed by atoms with Crippen molar-refractivity contribution < 1.29 is 13.9 Å². The van der Waals surface area contributed by atoms with Crippen LogP contribution < -0.4 is 0 Å². The van der Waals surface area contributed by atoms with E-state index in [2.05, 4.69) is 5.10 Å². The summed E-state index contributed by atoms with van der Waals surface area (Å²) >= 11 is 0. The van der Waals surface area contributed by atoms with Crippen LogP contribution in [-0.4, -0.2) is 14.9 Å². The van der Waals surface area contributed by atoms with Crippen LogP contribution in [0.3, 0.4) is 0 Å².